The summed E-state index contributed by atoms with van der Waals surface area (Å²) in [7, 11) is 0. The van der Waals surface area contributed by atoms with Gasteiger partial charge in [-0.3, -0.25) is 4.79 Å². The molecule has 0 aromatic heterocycles. The number of carbonyl (C=O) groups excluding carboxylic acids is 1. The van der Waals surface area contributed by atoms with Gasteiger partial charge < -0.3 is 4.74 Å². The maximum absolute atomic E-state index is 13.4. The minimum absolute atomic E-state index is 0.0352. The smallest absolute Gasteiger partial charge is 0.406 e. The summed E-state index contributed by atoms with van der Waals surface area (Å²) in [5.41, 5.74) is -0.0352. The highest BCUT2D eigenvalue weighted by Crippen LogP contribution is 2.30. The highest BCUT2D eigenvalue weighted by molar-refractivity contribution is 9.09. The molecule has 1 aromatic rings. The first-order valence-electron chi connectivity index (χ1n) is 4.40. The number of alkyl halides is 4. The van der Waals surface area contributed by atoms with Gasteiger partial charge in [0, 0.05) is 11.6 Å². The summed E-state index contributed by atoms with van der Waals surface area (Å²) in [6, 6.07) is 2.60. The predicted molar refractivity (Wildman–Crippen MR) is 55.4 cm³/mol. The van der Waals surface area contributed by atoms with Gasteiger partial charge in [-0.2, -0.15) is 0 Å². The molecule has 1 atom stereocenters. The van der Waals surface area contributed by atoms with Gasteiger partial charge in [-0.25, -0.2) is 4.39 Å². The molecule has 1 rings (SSSR count). The number of benzene rings is 1. The first-order valence-corrected chi connectivity index (χ1v) is 5.32. The number of ether oxygens (including phenoxy) is 1. The minimum Gasteiger partial charge on any atom is -0.406 e. The molecule has 0 radical (unpaired) electrons. The van der Waals surface area contributed by atoms with Gasteiger partial charge in [-0.15, -0.1) is 13.2 Å². The van der Waals surface area contributed by atoms with E-state index in [0.717, 1.165) is 12.1 Å². The average Bonchev–Trinajstić information content (AvgIpc) is 2.14. The zero-order chi connectivity index (χ0) is 13.2. The van der Waals surface area contributed by atoms with E-state index in [1.807, 2.05) is 0 Å². The highest BCUT2D eigenvalue weighted by atomic mass is 79.9. The summed E-state index contributed by atoms with van der Waals surface area (Å²) >= 11 is 2.93. The van der Waals surface area contributed by atoms with E-state index in [0.29, 0.717) is 6.07 Å². The van der Waals surface area contributed by atoms with E-state index in [1.54, 1.807) is 0 Å². The molecule has 0 saturated carbocycles. The van der Waals surface area contributed by atoms with E-state index in [9.17, 15) is 22.4 Å². The van der Waals surface area contributed by atoms with Crippen molar-refractivity contribution in [2.24, 2.45) is 0 Å². The molecule has 0 spiro atoms. The number of ketones is 1. The summed E-state index contributed by atoms with van der Waals surface area (Å²) in [6.45, 7) is 1.24. The van der Waals surface area contributed by atoms with E-state index >= 15 is 0 Å². The molecule has 2 nitrogen and oxygen atoms in total. The highest BCUT2D eigenvalue weighted by Gasteiger charge is 2.31. The largest absolute Gasteiger partial charge is 0.573 e. The quantitative estimate of drug-likeness (QED) is 0.627. The fraction of sp³-hybridized carbons (Fsp3) is 0.300. The van der Waals surface area contributed by atoms with Crippen molar-refractivity contribution in [1.82, 2.24) is 0 Å². The normalized spacial score (nSPS) is 13.3. The first kappa shape index (κ1) is 14.0. The Hall–Kier alpha value is -1.11. The summed E-state index contributed by atoms with van der Waals surface area (Å²) in [5.74, 6) is -1.96. The fourth-order valence-electron chi connectivity index (χ4n) is 1.13. The maximum atomic E-state index is 13.4. The lowest BCUT2D eigenvalue weighted by atomic mass is 10.1. The van der Waals surface area contributed by atoms with Crippen LogP contribution in [0.3, 0.4) is 0 Å². The second kappa shape index (κ2) is 5.03. The van der Waals surface area contributed by atoms with E-state index in [4.69, 9.17) is 0 Å². The molecule has 1 unspecified atom stereocenters. The summed E-state index contributed by atoms with van der Waals surface area (Å²) in [6.07, 6.45) is -4.87. The van der Waals surface area contributed by atoms with Gasteiger partial charge in [-0.1, -0.05) is 22.0 Å². The molecular formula is C10H7BrF4O2. The second-order valence-corrected chi connectivity index (χ2v) is 4.12. The average molecular weight is 315 g/mol. The van der Waals surface area contributed by atoms with Crippen molar-refractivity contribution in [1.29, 1.82) is 0 Å². The third kappa shape index (κ3) is 3.99. The van der Waals surface area contributed by atoms with Crippen LogP contribution >= 0.6 is 15.9 Å². The molecule has 0 N–H and O–H groups in total. The molecule has 17 heavy (non-hydrogen) atoms. The SMILES string of the molecule is CC(=O)C(Br)c1ccc(OC(F)(F)F)cc1F. The van der Waals surface area contributed by atoms with Crippen molar-refractivity contribution in [3.05, 3.63) is 29.6 Å². The molecule has 0 aliphatic heterocycles. The first-order chi connectivity index (χ1) is 7.70. The van der Waals surface area contributed by atoms with Crippen LogP contribution in [0.1, 0.15) is 17.3 Å². The monoisotopic (exact) mass is 314 g/mol. The van der Waals surface area contributed by atoms with Crippen molar-refractivity contribution >= 4 is 21.7 Å². The summed E-state index contributed by atoms with van der Waals surface area (Å²) in [4.78, 5) is 10.1. The predicted octanol–water partition coefficient (Wildman–Crippen LogP) is 3.75. The standard InChI is InChI=1S/C10H7BrF4O2/c1-5(16)9(11)7-3-2-6(4-8(7)12)17-10(13,14)15/h2-4,9H,1H3. The van der Waals surface area contributed by atoms with Crippen molar-refractivity contribution in [3.8, 4) is 5.75 Å². The number of halogens is 5. The van der Waals surface area contributed by atoms with Gasteiger partial charge in [-0.05, 0) is 13.0 Å². The summed E-state index contributed by atoms with van der Waals surface area (Å²) < 4.78 is 52.5. The molecular weight excluding hydrogens is 308 g/mol. The van der Waals surface area contributed by atoms with Gasteiger partial charge >= 0.3 is 6.36 Å². The van der Waals surface area contributed by atoms with Gasteiger partial charge in [0.1, 0.15) is 22.2 Å². The van der Waals surface area contributed by atoms with Crippen molar-refractivity contribution in [2.45, 2.75) is 18.1 Å². The lowest BCUT2D eigenvalue weighted by Gasteiger charge is -2.11. The lowest BCUT2D eigenvalue weighted by Crippen LogP contribution is -2.17. The Morgan fingerprint density at radius 2 is 2.00 bits per heavy atom. The van der Waals surface area contributed by atoms with E-state index in [-0.39, 0.29) is 11.3 Å². The summed E-state index contributed by atoms with van der Waals surface area (Å²) in [5, 5.41) is 0. The molecule has 0 amide bonds. The molecule has 1 aromatic carbocycles. The lowest BCUT2D eigenvalue weighted by molar-refractivity contribution is -0.274. The fourth-order valence-corrected chi connectivity index (χ4v) is 1.50. The van der Waals surface area contributed by atoms with E-state index < -0.39 is 22.8 Å². The van der Waals surface area contributed by atoms with Gasteiger partial charge in [0.15, 0.2) is 0 Å². The number of rotatable bonds is 3. The molecule has 0 heterocycles. The van der Waals surface area contributed by atoms with Gasteiger partial charge in [0.25, 0.3) is 0 Å². The van der Waals surface area contributed by atoms with Crippen molar-refractivity contribution in [3.63, 3.8) is 0 Å². The van der Waals surface area contributed by atoms with E-state index in [2.05, 4.69) is 20.7 Å². The zero-order valence-electron chi connectivity index (χ0n) is 8.52. The van der Waals surface area contributed by atoms with Crippen LogP contribution in [0.2, 0.25) is 0 Å². The number of hydrogen-bond acceptors (Lipinski definition) is 2. The Morgan fingerprint density at radius 3 is 2.41 bits per heavy atom. The topological polar surface area (TPSA) is 26.3 Å². The number of carbonyl (C=O) groups is 1. The maximum Gasteiger partial charge on any atom is 0.573 e. The molecule has 0 aliphatic carbocycles. The van der Waals surface area contributed by atoms with Gasteiger partial charge in [0.05, 0.1) is 0 Å². The van der Waals surface area contributed by atoms with Crippen LogP contribution in [0.4, 0.5) is 17.6 Å². The van der Waals surface area contributed by atoms with Crippen LogP contribution in [-0.4, -0.2) is 12.1 Å². The van der Waals surface area contributed by atoms with Crippen LogP contribution in [0.15, 0.2) is 18.2 Å². The Labute approximate surface area is 103 Å². The van der Waals surface area contributed by atoms with Gasteiger partial charge in [0.2, 0.25) is 0 Å². The van der Waals surface area contributed by atoms with Crippen molar-refractivity contribution < 1.29 is 27.1 Å². The zero-order valence-corrected chi connectivity index (χ0v) is 10.1. The van der Waals surface area contributed by atoms with Crippen LogP contribution in [0.5, 0.6) is 5.75 Å². The Morgan fingerprint density at radius 1 is 1.41 bits per heavy atom. The number of hydrogen-bond donors (Lipinski definition) is 0. The molecule has 0 aliphatic rings. The molecule has 0 bridgehead atoms. The Kier molecular flexibility index (Phi) is 4.13. The minimum atomic E-state index is -4.87. The second-order valence-electron chi connectivity index (χ2n) is 3.20. The number of Topliss-reactive ketones (excluding diaryl/α,β-unsaturated/α-hetero) is 1. The Bertz CT molecular complexity index is 431. The van der Waals surface area contributed by atoms with E-state index in [1.165, 1.54) is 6.92 Å². The molecule has 94 valence electrons. The third-order valence-corrected chi connectivity index (χ3v) is 2.97. The van der Waals surface area contributed by atoms with Crippen LogP contribution in [0.25, 0.3) is 0 Å². The molecule has 0 fully saturated rings. The van der Waals surface area contributed by atoms with Crippen LogP contribution in [-0.2, 0) is 4.79 Å². The third-order valence-electron chi connectivity index (χ3n) is 1.84. The Balaban J connectivity index is 2.98. The molecule has 0 saturated heterocycles. The van der Waals surface area contributed by atoms with Crippen LogP contribution < -0.4 is 4.74 Å². The molecule has 7 heteroatoms. The van der Waals surface area contributed by atoms with Crippen molar-refractivity contribution in [2.75, 3.05) is 0 Å². The van der Waals surface area contributed by atoms with Crippen LogP contribution in [0, 0.1) is 5.82 Å².